The van der Waals surface area contributed by atoms with Crippen molar-refractivity contribution in [3.8, 4) is 0 Å². The van der Waals surface area contributed by atoms with Gasteiger partial charge >= 0.3 is 29.2 Å². The Morgan fingerprint density at radius 1 is 1.25 bits per heavy atom. The van der Waals surface area contributed by atoms with Gasteiger partial charge in [-0.15, -0.1) is 11.6 Å². The van der Waals surface area contributed by atoms with Crippen molar-refractivity contribution >= 4 is 40.9 Å². The standard InChI is InChI=1S/C11H20ClFN3O13P3/c1-14-7-3-4-16(10(18)15-7)9(13)8(17)11(5-12,26-2)6-27-31(22,23)29-32(24,25)28-30(19,20)21/h3-4,8-9,17H,5-6H2,1-2H3,(H,22,23)(H,24,25)(H,14,15,18)(H2,19,20,21)/t8-,9-,11+/m0/s1. The number of nitrogens with one attached hydrogen (secondary N) is 1. The topological polar surface area (TPSA) is 236 Å². The van der Waals surface area contributed by atoms with E-state index in [4.69, 9.17) is 31.0 Å². The van der Waals surface area contributed by atoms with Gasteiger partial charge in [0.1, 0.15) is 17.5 Å². The van der Waals surface area contributed by atoms with Gasteiger partial charge in [-0.25, -0.2) is 22.9 Å². The number of aliphatic hydroxyl groups excluding tert-OH is 1. The molecule has 0 saturated carbocycles. The van der Waals surface area contributed by atoms with Crippen LogP contribution in [0.15, 0.2) is 17.1 Å². The van der Waals surface area contributed by atoms with Crippen molar-refractivity contribution in [3.63, 3.8) is 0 Å². The van der Waals surface area contributed by atoms with Gasteiger partial charge in [0.15, 0.2) is 0 Å². The van der Waals surface area contributed by atoms with Gasteiger partial charge in [-0.05, 0) is 6.07 Å². The first-order chi connectivity index (χ1) is 14.5. The number of ether oxygens (including phenoxy) is 1. The number of aromatic nitrogens is 2. The Bertz CT molecular complexity index is 985. The van der Waals surface area contributed by atoms with Crippen LogP contribution < -0.4 is 11.0 Å². The molecule has 2 unspecified atom stereocenters. The molecular weight excluding hydrogens is 530 g/mol. The van der Waals surface area contributed by atoms with Crippen LogP contribution in [-0.2, 0) is 31.6 Å². The highest BCUT2D eigenvalue weighted by atomic mass is 35.5. The molecular formula is C11H20ClFN3O13P3. The second kappa shape index (κ2) is 11.1. The molecule has 1 rings (SSSR count). The van der Waals surface area contributed by atoms with Crippen LogP contribution in [0.25, 0.3) is 0 Å². The highest BCUT2D eigenvalue weighted by molar-refractivity contribution is 7.66. The van der Waals surface area contributed by atoms with Gasteiger partial charge in [-0.3, -0.25) is 9.09 Å². The average molecular weight is 550 g/mol. The zero-order chi connectivity index (χ0) is 25.0. The molecule has 16 nitrogen and oxygen atoms in total. The predicted octanol–water partition coefficient (Wildman–Crippen LogP) is 0.0813. The molecule has 1 aromatic heterocycles. The Hall–Kier alpha value is -0.770. The molecule has 32 heavy (non-hydrogen) atoms. The smallest absolute Gasteiger partial charge is 0.385 e. The third kappa shape index (κ3) is 8.22. The molecule has 0 amide bonds. The van der Waals surface area contributed by atoms with Gasteiger partial charge in [0.2, 0.25) is 6.30 Å². The number of anilines is 1. The van der Waals surface area contributed by atoms with Gasteiger partial charge in [-0.1, -0.05) is 0 Å². The zero-order valence-electron chi connectivity index (χ0n) is 16.2. The first-order valence-electron chi connectivity index (χ1n) is 8.00. The highest BCUT2D eigenvalue weighted by Gasteiger charge is 2.47. The average Bonchev–Trinajstić information content (AvgIpc) is 2.65. The number of phosphoric ester groups is 1. The number of phosphoric acid groups is 3. The van der Waals surface area contributed by atoms with E-state index in [0.717, 1.165) is 13.3 Å². The Balaban J connectivity index is 3.08. The molecule has 1 heterocycles. The fraction of sp³-hybridized carbons (Fsp3) is 0.636. The van der Waals surface area contributed by atoms with E-state index in [1.807, 2.05) is 0 Å². The van der Waals surface area contributed by atoms with Crippen LogP contribution in [0, 0.1) is 0 Å². The van der Waals surface area contributed by atoms with E-state index in [2.05, 4.69) is 23.4 Å². The summed E-state index contributed by atoms with van der Waals surface area (Å²) in [5.41, 5.74) is -3.47. The Kier molecular flexibility index (Phi) is 10.2. The van der Waals surface area contributed by atoms with Gasteiger partial charge < -0.3 is 34.7 Å². The Labute approximate surface area is 184 Å². The maximum absolute atomic E-state index is 14.9. The van der Waals surface area contributed by atoms with Crippen molar-refractivity contribution in [2.75, 3.05) is 32.0 Å². The molecule has 0 aromatic carbocycles. The fourth-order valence-corrected chi connectivity index (χ4v) is 5.49. The van der Waals surface area contributed by atoms with Crippen LogP contribution in [0.4, 0.5) is 10.2 Å². The van der Waals surface area contributed by atoms with E-state index in [1.54, 1.807) is 0 Å². The summed E-state index contributed by atoms with van der Waals surface area (Å²) >= 11 is 5.70. The van der Waals surface area contributed by atoms with Crippen LogP contribution in [-0.4, -0.2) is 72.6 Å². The first-order valence-corrected chi connectivity index (χ1v) is 13.1. The molecule has 5 atom stereocenters. The summed E-state index contributed by atoms with van der Waals surface area (Å²) in [6.45, 7) is -1.27. The minimum Gasteiger partial charge on any atom is -0.385 e. The largest absolute Gasteiger partial charge is 0.490 e. The summed E-state index contributed by atoms with van der Waals surface area (Å²) in [7, 11) is -14.7. The number of methoxy groups -OCH3 is 1. The molecule has 0 fully saturated rings. The predicted molar refractivity (Wildman–Crippen MR) is 104 cm³/mol. The van der Waals surface area contributed by atoms with E-state index in [-0.39, 0.29) is 5.82 Å². The van der Waals surface area contributed by atoms with Crippen LogP contribution in [0.5, 0.6) is 0 Å². The number of halogens is 2. The molecule has 21 heteroatoms. The van der Waals surface area contributed by atoms with E-state index < -0.39 is 59.6 Å². The monoisotopic (exact) mass is 549 g/mol. The Morgan fingerprint density at radius 2 is 1.84 bits per heavy atom. The molecule has 0 bridgehead atoms. The lowest BCUT2D eigenvalue weighted by atomic mass is 9.98. The maximum atomic E-state index is 14.9. The van der Waals surface area contributed by atoms with Gasteiger partial charge in [-0.2, -0.15) is 13.6 Å². The van der Waals surface area contributed by atoms with Gasteiger partial charge in [0, 0.05) is 20.4 Å². The van der Waals surface area contributed by atoms with Crippen molar-refractivity contribution in [1.82, 2.24) is 9.55 Å². The number of alkyl halides is 2. The summed E-state index contributed by atoms with van der Waals surface area (Å²) < 4.78 is 65.5. The third-order valence-corrected chi connectivity index (χ3v) is 7.91. The summed E-state index contributed by atoms with van der Waals surface area (Å²) in [6.07, 6.45) is -3.96. The van der Waals surface area contributed by atoms with Crippen LogP contribution in [0.1, 0.15) is 6.30 Å². The van der Waals surface area contributed by atoms with Gasteiger partial charge in [0.05, 0.1) is 12.5 Å². The first kappa shape index (κ1) is 29.3. The summed E-state index contributed by atoms with van der Waals surface area (Å²) in [6, 6.07) is 1.20. The van der Waals surface area contributed by atoms with E-state index in [9.17, 15) is 32.9 Å². The summed E-state index contributed by atoms with van der Waals surface area (Å²) in [4.78, 5) is 51.1. The number of hydrogen-bond acceptors (Lipinski definition) is 11. The van der Waals surface area contributed by atoms with Crippen LogP contribution in [0.2, 0.25) is 0 Å². The molecule has 186 valence electrons. The number of nitrogens with zero attached hydrogens (tertiary/aromatic N) is 2. The van der Waals surface area contributed by atoms with Crippen molar-refractivity contribution in [2.24, 2.45) is 0 Å². The minimum absolute atomic E-state index is 0.0935. The van der Waals surface area contributed by atoms with Crippen molar-refractivity contribution < 1.29 is 60.6 Å². The van der Waals surface area contributed by atoms with Crippen LogP contribution >= 0.6 is 35.1 Å². The lowest BCUT2D eigenvalue weighted by Gasteiger charge is -2.36. The van der Waals surface area contributed by atoms with Gasteiger partial charge in [0.25, 0.3) is 0 Å². The molecule has 0 radical (unpaired) electrons. The minimum atomic E-state index is -5.81. The zero-order valence-corrected chi connectivity index (χ0v) is 19.7. The molecule has 0 spiro atoms. The number of aliphatic hydroxyl groups is 1. The quantitative estimate of drug-likeness (QED) is 0.141. The highest BCUT2D eigenvalue weighted by Crippen LogP contribution is 2.66. The second-order valence-electron chi connectivity index (χ2n) is 5.84. The lowest BCUT2D eigenvalue weighted by Crippen LogP contribution is -2.53. The van der Waals surface area contributed by atoms with Crippen molar-refractivity contribution in [2.45, 2.75) is 18.0 Å². The SMILES string of the molecule is CNc1ccn([C@H](F)[C@H](O)[C@@](CCl)(COP(=O)(O)OP(=O)(O)OP(=O)(O)O)OC)c(=O)n1. The summed E-state index contributed by atoms with van der Waals surface area (Å²) in [5, 5.41) is 12.9. The molecule has 0 saturated heterocycles. The van der Waals surface area contributed by atoms with Crippen molar-refractivity contribution in [3.05, 3.63) is 22.7 Å². The molecule has 0 aliphatic heterocycles. The second-order valence-corrected chi connectivity index (χ2v) is 10.5. The van der Waals surface area contributed by atoms with E-state index >= 15 is 0 Å². The maximum Gasteiger partial charge on any atom is 0.490 e. The molecule has 1 aromatic rings. The molecule has 0 aliphatic rings. The third-order valence-electron chi connectivity index (χ3n) is 3.67. The molecule has 6 N–H and O–H groups in total. The van der Waals surface area contributed by atoms with E-state index in [0.29, 0.717) is 4.57 Å². The lowest BCUT2D eigenvalue weighted by molar-refractivity contribution is -0.149. The summed E-state index contributed by atoms with van der Waals surface area (Å²) in [5.74, 6) is -0.714. The number of hydrogen-bond donors (Lipinski definition) is 6. The van der Waals surface area contributed by atoms with Crippen LogP contribution in [0.3, 0.4) is 0 Å². The fourth-order valence-electron chi connectivity index (χ4n) is 2.07. The normalized spacial score (nSPS) is 19.9. The number of rotatable bonds is 13. The van der Waals surface area contributed by atoms with E-state index in [1.165, 1.54) is 13.1 Å². The molecule has 0 aliphatic carbocycles. The Morgan fingerprint density at radius 3 is 2.28 bits per heavy atom. The van der Waals surface area contributed by atoms with Crippen molar-refractivity contribution in [1.29, 1.82) is 0 Å².